The first-order chi connectivity index (χ1) is 10.2. The second kappa shape index (κ2) is 4.62. The zero-order chi connectivity index (χ0) is 14.6. The molecule has 2 saturated carbocycles. The van der Waals surface area contributed by atoms with Gasteiger partial charge >= 0.3 is 0 Å². The Kier molecular flexibility index (Phi) is 2.84. The molecule has 21 heavy (non-hydrogen) atoms. The van der Waals surface area contributed by atoms with Gasteiger partial charge in [0.2, 0.25) is 0 Å². The number of aryl methyl sites for hydroxylation is 2. The summed E-state index contributed by atoms with van der Waals surface area (Å²) < 4.78 is 5.66. The number of benzene rings is 1. The molecule has 3 heteroatoms. The van der Waals surface area contributed by atoms with Crippen LogP contribution in [0.25, 0.3) is 11.1 Å². The van der Waals surface area contributed by atoms with Crippen molar-refractivity contribution in [2.75, 3.05) is 5.73 Å². The van der Waals surface area contributed by atoms with Crippen molar-refractivity contribution >= 4 is 5.82 Å². The fourth-order valence-electron chi connectivity index (χ4n) is 4.11. The van der Waals surface area contributed by atoms with Gasteiger partial charge in [0.05, 0.1) is 5.56 Å². The number of nitrogens with two attached hydrogens (primary N) is 1. The van der Waals surface area contributed by atoms with Crippen molar-refractivity contribution in [1.29, 1.82) is 0 Å². The van der Waals surface area contributed by atoms with Gasteiger partial charge < -0.3 is 10.3 Å². The van der Waals surface area contributed by atoms with Gasteiger partial charge in [-0.1, -0.05) is 36.2 Å². The molecular formula is C18H22N2O. The summed E-state index contributed by atoms with van der Waals surface area (Å²) in [6.07, 6.45) is 5.39. The van der Waals surface area contributed by atoms with E-state index in [0.717, 1.165) is 28.7 Å². The van der Waals surface area contributed by atoms with E-state index in [1.54, 1.807) is 0 Å². The average molecular weight is 282 g/mol. The third-order valence-electron chi connectivity index (χ3n) is 5.50. The minimum atomic E-state index is 0.539. The van der Waals surface area contributed by atoms with Gasteiger partial charge in [-0.2, -0.15) is 0 Å². The van der Waals surface area contributed by atoms with E-state index in [1.165, 1.54) is 36.8 Å². The van der Waals surface area contributed by atoms with Gasteiger partial charge in [-0.25, -0.2) is 0 Å². The van der Waals surface area contributed by atoms with Gasteiger partial charge in [-0.15, -0.1) is 0 Å². The Morgan fingerprint density at radius 3 is 2.48 bits per heavy atom. The molecule has 0 bridgehead atoms. The van der Waals surface area contributed by atoms with Crippen LogP contribution in [-0.4, -0.2) is 5.16 Å². The minimum absolute atomic E-state index is 0.539. The largest absolute Gasteiger partial charge is 0.380 e. The van der Waals surface area contributed by atoms with E-state index in [1.807, 2.05) is 0 Å². The standard InChI is InChI=1S/C18H22N2O/c1-10-7-8-12(9-11(10)2)15-17(21-20-18(15)19)16-13-5-3-4-6-14(13)16/h7-9,13-14,16H,3-6H2,1-2H3,(H2,19,20). The third kappa shape index (κ3) is 1.98. The maximum Gasteiger partial charge on any atom is 0.175 e. The van der Waals surface area contributed by atoms with E-state index < -0.39 is 0 Å². The molecule has 3 nitrogen and oxygen atoms in total. The third-order valence-corrected chi connectivity index (χ3v) is 5.50. The molecule has 2 unspecified atom stereocenters. The van der Waals surface area contributed by atoms with Crippen LogP contribution in [0.15, 0.2) is 22.7 Å². The fourth-order valence-corrected chi connectivity index (χ4v) is 4.11. The predicted molar refractivity (Wildman–Crippen MR) is 84.0 cm³/mol. The summed E-state index contributed by atoms with van der Waals surface area (Å²) in [5, 5.41) is 4.07. The van der Waals surface area contributed by atoms with E-state index in [2.05, 4.69) is 37.2 Å². The van der Waals surface area contributed by atoms with E-state index >= 15 is 0 Å². The van der Waals surface area contributed by atoms with E-state index in [9.17, 15) is 0 Å². The molecule has 0 amide bonds. The Morgan fingerprint density at radius 1 is 1.10 bits per heavy atom. The van der Waals surface area contributed by atoms with Crippen molar-refractivity contribution < 1.29 is 4.52 Å². The summed E-state index contributed by atoms with van der Waals surface area (Å²) in [7, 11) is 0. The van der Waals surface area contributed by atoms with Crippen LogP contribution in [0.1, 0.15) is 48.5 Å². The number of hydrogen-bond acceptors (Lipinski definition) is 3. The molecule has 2 aliphatic carbocycles. The van der Waals surface area contributed by atoms with Crippen molar-refractivity contribution in [2.45, 2.75) is 45.4 Å². The number of nitrogens with zero attached hydrogens (tertiary/aromatic N) is 1. The van der Waals surface area contributed by atoms with Gasteiger partial charge in [0, 0.05) is 5.92 Å². The summed E-state index contributed by atoms with van der Waals surface area (Å²) in [6, 6.07) is 6.50. The summed E-state index contributed by atoms with van der Waals surface area (Å²) in [6.45, 7) is 4.27. The first-order valence-electron chi connectivity index (χ1n) is 7.99. The molecule has 0 radical (unpaired) electrons. The first-order valence-corrected chi connectivity index (χ1v) is 7.99. The second-order valence-electron chi connectivity index (χ2n) is 6.74. The molecule has 4 rings (SSSR count). The van der Waals surface area contributed by atoms with Crippen LogP contribution >= 0.6 is 0 Å². The number of aromatic nitrogens is 1. The van der Waals surface area contributed by atoms with Crippen LogP contribution in [0.4, 0.5) is 5.82 Å². The normalized spacial score (nSPS) is 27.4. The van der Waals surface area contributed by atoms with Crippen LogP contribution in [0.5, 0.6) is 0 Å². The Labute approximate surface area is 125 Å². The molecule has 110 valence electrons. The Balaban J connectivity index is 1.75. The maximum absolute atomic E-state index is 6.11. The highest BCUT2D eigenvalue weighted by molar-refractivity contribution is 5.77. The molecule has 0 spiro atoms. The highest BCUT2D eigenvalue weighted by atomic mass is 16.5. The zero-order valence-corrected chi connectivity index (χ0v) is 12.7. The summed E-state index contributed by atoms with van der Waals surface area (Å²) >= 11 is 0. The maximum atomic E-state index is 6.11. The van der Waals surface area contributed by atoms with Crippen molar-refractivity contribution in [2.24, 2.45) is 11.8 Å². The van der Waals surface area contributed by atoms with E-state index in [4.69, 9.17) is 10.3 Å². The Morgan fingerprint density at radius 2 is 1.81 bits per heavy atom. The summed E-state index contributed by atoms with van der Waals surface area (Å²) in [5.41, 5.74) is 10.9. The molecule has 2 atom stereocenters. The molecule has 1 aromatic heterocycles. The lowest BCUT2D eigenvalue weighted by Gasteiger charge is -2.06. The van der Waals surface area contributed by atoms with Crippen molar-refractivity contribution in [3.63, 3.8) is 0 Å². The highest BCUT2D eigenvalue weighted by Gasteiger charge is 2.54. The minimum Gasteiger partial charge on any atom is -0.380 e. The number of anilines is 1. The number of nitrogen functional groups attached to an aromatic ring is 1. The second-order valence-corrected chi connectivity index (χ2v) is 6.74. The molecular weight excluding hydrogens is 260 g/mol. The van der Waals surface area contributed by atoms with Crippen molar-refractivity contribution in [3.8, 4) is 11.1 Å². The molecule has 2 N–H and O–H groups in total. The monoisotopic (exact) mass is 282 g/mol. The zero-order valence-electron chi connectivity index (χ0n) is 12.7. The van der Waals surface area contributed by atoms with Crippen molar-refractivity contribution in [1.82, 2.24) is 5.16 Å². The lowest BCUT2D eigenvalue weighted by Crippen LogP contribution is -1.92. The molecule has 1 heterocycles. The first kappa shape index (κ1) is 12.9. The lowest BCUT2D eigenvalue weighted by atomic mass is 9.98. The molecule has 0 saturated heterocycles. The van der Waals surface area contributed by atoms with E-state index in [0.29, 0.717) is 11.7 Å². The molecule has 1 aromatic carbocycles. The van der Waals surface area contributed by atoms with Gasteiger partial charge in [0.25, 0.3) is 0 Å². The van der Waals surface area contributed by atoms with Crippen LogP contribution in [0, 0.1) is 25.7 Å². The number of rotatable bonds is 2. The summed E-state index contributed by atoms with van der Waals surface area (Å²) in [5.74, 6) is 3.73. The van der Waals surface area contributed by atoms with Crippen LogP contribution in [-0.2, 0) is 0 Å². The Hall–Kier alpha value is -1.77. The smallest absolute Gasteiger partial charge is 0.175 e. The van der Waals surface area contributed by atoms with Gasteiger partial charge in [-0.05, 0) is 55.2 Å². The Bertz CT molecular complexity index is 677. The van der Waals surface area contributed by atoms with Crippen LogP contribution in [0.3, 0.4) is 0 Å². The lowest BCUT2D eigenvalue weighted by molar-refractivity contribution is 0.381. The number of fused-ring (bicyclic) bond motifs is 1. The van der Waals surface area contributed by atoms with Gasteiger partial charge in [0.15, 0.2) is 5.82 Å². The van der Waals surface area contributed by atoms with Crippen LogP contribution < -0.4 is 5.73 Å². The van der Waals surface area contributed by atoms with Gasteiger partial charge in [-0.3, -0.25) is 0 Å². The number of hydrogen-bond donors (Lipinski definition) is 1. The SMILES string of the molecule is Cc1ccc(-c2c(N)noc2C2C3CCCCC32)cc1C. The summed E-state index contributed by atoms with van der Waals surface area (Å²) in [4.78, 5) is 0. The van der Waals surface area contributed by atoms with Crippen molar-refractivity contribution in [3.05, 3.63) is 35.1 Å². The molecule has 0 aliphatic heterocycles. The quantitative estimate of drug-likeness (QED) is 0.885. The molecule has 2 aromatic rings. The fraction of sp³-hybridized carbons (Fsp3) is 0.500. The van der Waals surface area contributed by atoms with Crippen LogP contribution in [0.2, 0.25) is 0 Å². The molecule has 2 aliphatic rings. The van der Waals surface area contributed by atoms with E-state index in [-0.39, 0.29) is 0 Å². The van der Waals surface area contributed by atoms with Gasteiger partial charge in [0.1, 0.15) is 5.76 Å². The highest BCUT2D eigenvalue weighted by Crippen LogP contribution is 2.63. The average Bonchev–Trinajstić information content (AvgIpc) is 3.09. The predicted octanol–water partition coefficient (Wildman–Crippen LogP) is 4.44. The topological polar surface area (TPSA) is 52.0 Å². The molecule has 2 fully saturated rings.